The minimum absolute atomic E-state index is 0.0121. The highest BCUT2D eigenvalue weighted by molar-refractivity contribution is 6.05. The summed E-state index contributed by atoms with van der Waals surface area (Å²) in [5.41, 5.74) is 0.0620. The molecule has 0 spiro atoms. The van der Waals surface area contributed by atoms with Crippen molar-refractivity contribution in [2.75, 3.05) is 7.11 Å². The van der Waals surface area contributed by atoms with Gasteiger partial charge in [0.05, 0.1) is 18.2 Å². The summed E-state index contributed by atoms with van der Waals surface area (Å²) in [6, 6.07) is 8.88. The molecule has 0 atom stereocenters. The van der Waals surface area contributed by atoms with E-state index in [9.17, 15) is 22.8 Å². The number of hydrogen-bond acceptors (Lipinski definition) is 4. The van der Waals surface area contributed by atoms with Crippen LogP contribution in [0.5, 0.6) is 5.75 Å². The Hall–Kier alpha value is -2.83. The molecule has 0 bridgehead atoms. The maximum Gasteiger partial charge on any atom is 0.416 e. The van der Waals surface area contributed by atoms with Gasteiger partial charge in [-0.15, -0.1) is 0 Å². The molecule has 0 radical (unpaired) electrons. The van der Waals surface area contributed by atoms with Crippen molar-refractivity contribution in [3.8, 4) is 5.75 Å². The van der Waals surface area contributed by atoms with Crippen molar-refractivity contribution >= 4 is 11.8 Å². The Balaban J connectivity index is 2.15. The van der Waals surface area contributed by atoms with Crippen molar-refractivity contribution in [3.05, 3.63) is 64.7 Å². The number of hydrogen-bond donors (Lipinski definition) is 0. The molecule has 0 aromatic heterocycles. The number of esters is 1. The average Bonchev–Trinajstić information content (AvgIpc) is 2.58. The van der Waals surface area contributed by atoms with Crippen LogP contribution in [0.1, 0.15) is 38.8 Å². The molecule has 25 heavy (non-hydrogen) atoms. The minimum atomic E-state index is -4.39. The van der Waals surface area contributed by atoms with E-state index in [2.05, 4.69) is 4.74 Å². The smallest absolute Gasteiger partial charge is 0.416 e. The number of alkyl halides is 3. The van der Waals surface area contributed by atoms with Gasteiger partial charge in [-0.3, -0.25) is 4.79 Å². The van der Waals surface area contributed by atoms with Crippen LogP contribution in [0.25, 0.3) is 0 Å². The van der Waals surface area contributed by atoms with E-state index < -0.39 is 17.7 Å². The zero-order valence-electron chi connectivity index (χ0n) is 13.5. The van der Waals surface area contributed by atoms with Crippen LogP contribution in [-0.2, 0) is 17.5 Å². The van der Waals surface area contributed by atoms with Crippen LogP contribution in [0.3, 0.4) is 0 Å². The second-order valence-electron chi connectivity index (χ2n) is 5.24. The van der Waals surface area contributed by atoms with Crippen molar-refractivity contribution < 1.29 is 32.2 Å². The lowest BCUT2D eigenvalue weighted by Crippen LogP contribution is -2.09. The fourth-order valence-electron chi connectivity index (χ4n) is 2.16. The van der Waals surface area contributed by atoms with Crippen molar-refractivity contribution in [1.82, 2.24) is 0 Å². The van der Waals surface area contributed by atoms with E-state index >= 15 is 0 Å². The van der Waals surface area contributed by atoms with Gasteiger partial charge in [0.2, 0.25) is 0 Å². The van der Waals surface area contributed by atoms with E-state index in [-0.39, 0.29) is 23.5 Å². The van der Waals surface area contributed by atoms with Crippen LogP contribution in [0.15, 0.2) is 42.5 Å². The van der Waals surface area contributed by atoms with E-state index in [0.29, 0.717) is 11.3 Å². The summed E-state index contributed by atoms with van der Waals surface area (Å²) < 4.78 is 47.7. The molecule has 0 heterocycles. The first-order chi connectivity index (χ1) is 11.7. The predicted molar refractivity (Wildman–Crippen MR) is 83.6 cm³/mol. The fraction of sp³-hybridized carbons (Fsp3) is 0.222. The molecule has 2 aromatic carbocycles. The molecule has 0 saturated heterocycles. The van der Waals surface area contributed by atoms with Crippen LogP contribution in [0.4, 0.5) is 13.2 Å². The Labute approximate surface area is 142 Å². The molecule has 0 saturated carbocycles. The lowest BCUT2D eigenvalue weighted by Gasteiger charge is -2.11. The third kappa shape index (κ3) is 4.59. The standard InChI is InChI=1S/C18H15F3O4/c1-11(22)15-8-7-14(9-16(15)17(23)24-2)25-10-12-3-5-13(6-4-12)18(19,20)21/h3-9H,10H2,1-2H3. The normalized spacial score (nSPS) is 11.1. The summed E-state index contributed by atoms with van der Waals surface area (Å²) in [5, 5.41) is 0. The van der Waals surface area contributed by atoms with Crippen molar-refractivity contribution in [3.63, 3.8) is 0 Å². The Morgan fingerprint density at radius 2 is 1.64 bits per heavy atom. The third-order valence-electron chi connectivity index (χ3n) is 3.46. The van der Waals surface area contributed by atoms with E-state index in [1.165, 1.54) is 44.4 Å². The molecule has 0 N–H and O–H groups in total. The molecule has 0 aliphatic rings. The lowest BCUT2D eigenvalue weighted by atomic mass is 10.0. The summed E-state index contributed by atoms with van der Waals surface area (Å²) in [6.45, 7) is 1.34. The predicted octanol–water partition coefficient (Wildman–Crippen LogP) is 4.27. The van der Waals surface area contributed by atoms with Crippen LogP contribution in [0, 0.1) is 0 Å². The van der Waals surface area contributed by atoms with Gasteiger partial charge in [-0.05, 0) is 42.8 Å². The van der Waals surface area contributed by atoms with Crippen LogP contribution in [-0.4, -0.2) is 18.9 Å². The molecule has 0 amide bonds. The topological polar surface area (TPSA) is 52.6 Å². The molecule has 132 valence electrons. The van der Waals surface area contributed by atoms with Gasteiger partial charge in [-0.2, -0.15) is 13.2 Å². The number of ether oxygens (including phenoxy) is 2. The molecule has 2 aromatic rings. The Kier molecular flexibility index (Phi) is 5.46. The SMILES string of the molecule is COC(=O)c1cc(OCc2ccc(C(F)(F)F)cc2)ccc1C(C)=O. The van der Waals surface area contributed by atoms with Gasteiger partial charge in [0, 0.05) is 5.56 Å². The Bertz CT molecular complexity index is 780. The first-order valence-electron chi connectivity index (χ1n) is 7.24. The molecule has 0 aliphatic heterocycles. The van der Waals surface area contributed by atoms with Gasteiger partial charge in [0.25, 0.3) is 0 Å². The van der Waals surface area contributed by atoms with E-state index in [0.717, 1.165) is 12.1 Å². The van der Waals surface area contributed by atoms with Crippen LogP contribution in [0.2, 0.25) is 0 Å². The number of carbonyl (C=O) groups excluding carboxylic acids is 2. The van der Waals surface area contributed by atoms with Gasteiger partial charge in [0.15, 0.2) is 5.78 Å². The first kappa shape index (κ1) is 18.5. The third-order valence-corrected chi connectivity index (χ3v) is 3.46. The number of halogens is 3. The summed E-state index contributed by atoms with van der Waals surface area (Å²) in [4.78, 5) is 23.3. The van der Waals surface area contributed by atoms with Gasteiger partial charge in [-0.1, -0.05) is 12.1 Å². The number of Topliss-reactive ketones (excluding diaryl/α,β-unsaturated/α-hetero) is 1. The zero-order valence-corrected chi connectivity index (χ0v) is 13.5. The number of benzene rings is 2. The van der Waals surface area contributed by atoms with Crippen molar-refractivity contribution in [2.24, 2.45) is 0 Å². The number of methoxy groups -OCH3 is 1. The number of rotatable bonds is 5. The highest BCUT2D eigenvalue weighted by Crippen LogP contribution is 2.29. The molecular weight excluding hydrogens is 337 g/mol. The second kappa shape index (κ2) is 7.38. The molecule has 0 aliphatic carbocycles. The number of ketones is 1. The van der Waals surface area contributed by atoms with Gasteiger partial charge in [0.1, 0.15) is 12.4 Å². The van der Waals surface area contributed by atoms with Gasteiger partial charge < -0.3 is 9.47 Å². The summed E-state index contributed by atoms with van der Waals surface area (Å²) in [5.74, 6) is -0.676. The zero-order chi connectivity index (χ0) is 18.6. The van der Waals surface area contributed by atoms with Gasteiger partial charge >= 0.3 is 12.1 Å². The monoisotopic (exact) mass is 352 g/mol. The number of carbonyl (C=O) groups is 2. The van der Waals surface area contributed by atoms with Crippen molar-refractivity contribution in [2.45, 2.75) is 19.7 Å². The largest absolute Gasteiger partial charge is 0.489 e. The highest BCUT2D eigenvalue weighted by Gasteiger charge is 2.29. The summed E-state index contributed by atoms with van der Waals surface area (Å²) in [7, 11) is 1.20. The molecule has 0 unspecified atom stereocenters. The average molecular weight is 352 g/mol. The van der Waals surface area contributed by atoms with E-state index in [1.807, 2.05) is 0 Å². The van der Waals surface area contributed by atoms with E-state index in [1.54, 1.807) is 0 Å². The fourth-order valence-corrected chi connectivity index (χ4v) is 2.16. The lowest BCUT2D eigenvalue weighted by molar-refractivity contribution is -0.137. The minimum Gasteiger partial charge on any atom is -0.489 e. The maximum atomic E-state index is 12.5. The van der Waals surface area contributed by atoms with Crippen molar-refractivity contribution in [1.29, 1.82) is 0 Å². The maximum absolute atomic E-state index is 12.5. The Morgan fingerprint density at radius 1 is 1.00 bits per heavy atom. The molecule has 7 heteroatoms. The molecule has 4 nitrogen and oxygen atoms in total. The molecule has 2 rings (SSSR count). The van der Waals surface area contributed by atoms with Crippen LogP contribution < -0.4 is 4.74 Å². The quantitative estimate of drug-likeness (QED) is 0.596. The summed E-state index contributed by atoms with van der Waals surface area (Å²) >= 11 is 0. The van der Waals surface area contributed by atoms with E-state index in [4.69, 9.17) is 4.74 Å². The molecule has 0 fully saturated rings. The second-order valence-corrected chi connectivity index (χ2v) is 5.24. The highest BCUT2D eigenvalue weighted by atomic mass is 19.4. The van der Waals surface area contributed by atoms with Gasteiger partial charge in [-0.25, -0.2) is 4.79 Å². The Morgan fingerprint density at radius 3 is 2.16 bits per heavy atom. The molecular formula is C18H15F3O4. The summed E-state index contributed by atoms with van der Waals surface area (Å²) in [6.07, 6.45) is -4.39. The first-order valence-corrected chi connectivity index (χ1v) is 7.24. The van der Waals surface area contributed by atoms with Crippen LogP contribution >= 0.6 is 0 Å².